The molecule has 3 heterocycles. The van der Waals surface area contributed by atoms with Crippen molar-refractivity contribution in [2.75, 3.05) is 0 Å². The Hall–Kier alpha value is -6.78. The van der Waals surface area contributed by atoms with Gasteiger partial charge in [0.2, 0.25) is 0 Å². The normalized spacial score (nSPS) is 13.3. The average molecular weight is 665 g/mol. The lowest BCUT2D eigenvalue weighted by molar-refractivity contribution is 1.00. The lowest BCUT2D eigenvalue weighted by Crippen LogP contribution is -2.06. The molecule has 0 aliphatic heterocycles. The van der Waals surface area contributed by atoms with Gasteiger partial charge in [-0.2, -0.15) is 0 Å². The topological polar surface area (TPSA) is 35.6 Å². The first-order valence-corrected chi connectivity index (χ1v) is 18.0. The Morgan fingerprint density at radius 3 is 2.06 bits per heavy atom. The summed E-state index contributed by atoms with van der Waals surface area (Å²) >= 11 is 0. The molecule has 10 aromatic rings. The lowest BCUT2D eigenvalue weighted by Gasteiger charge is -2.17. The van der Waals surface area contributed by atoms with Gasteiger partial charge in [-0.25, -0.2) is 9.97 Å². The molecular weight excluding hydrogens is 633 g/mol. The monoisotopic (exact) mass is 664 g/mol. The van der Waals surface area contributed by atoms with Crippen molar-refractivity contribution in [3.05, 3.63) is 176 Å². The summed E-state index contributed by atoms with van der Waals surface area (Å²) in [4.78, 5) is 10.5. The van der Waals surface area contributed by atoms with E-state index in [0.29, 0.717) is 0 Å². The van der Waals surface area contributed by atoms with E-state index in [0.717, 1.165) is 46.8 Å². The highest BCUT2D eigenvalue weighted by molar-refractivity contribution is 6.31. The Labute approximate surface area is 300 Å². The summed E-state index contributed by atoms with van der Waals surface area (Å²) in [7, 11) is 0. The molecule has 11 rings (SSSR count). The molecule has 244 valence electrons. The summed E-state index contributed by atoms with van der Waals surface area (Å²) in [6, 6.07) is 52.5. The molecule has 0 saturated carbocycles. The number of aromatic nitrogens is 4. The molecule has 4 heteroatoms. The Bertz CT molecular complexity index is 3110. The van der Waals surface area contributed by atoms with E-state index >= 15 is 0 Å². The summed E-state index contributed by atoms with van der Waals surface area (Å²) in [6.45, 7) is 0. The SMILES string of the molecule is C1=CCCC(c2nc(-c3ccccc3)ncc2-n2c3ccc4ccccc4c3c3ccc4c(c5cc6ccccc6cc5n4-c4ccccc4)c32)=C1. The third kappa shape index (κ3) is 4.28. The van der Waals surface area contributed by atoms with Crippen molar-refractivity contribution in [2.24, 2.45) is 0 Å². The fourth-order valence-corrected chi connectivity index (χ4v) is 8.47. The van der Waals surface area contributed by atoms with E-state index in [-0.39, 0.29) is 0 Å². The van der Waals surface area contributed by atoms with Crippen molar-refractivity contribution in [2.45, 2.75) is 12.8 Å². The molecule has 1 aliphatic carbocycles. The molecule has 0 unspecified atom stereocenters. The minimum absolute atomic E-state index is 0.735. The molecule has 0 bridgehead atoms. The summed E-state index contributed by atoms with van der Waals surface area (Å²) in [6.07, 6.45) is 10.6. The van der Waals surface area contributed by atoms with Crippen LogP contribution in [0.2, 0.25) is 0 Å². The minimum atomic E-state index is 0.735. The smallest absolute Gasteiger partial charge is 0.159 e. The van der Waals surface area contributed by atoms with Crippen LogP contribution in [0.3, 0.4) is 0 Å². The quantitative estimate of drug-likeness (QED) is 0.188. The molecule has 7 aromatic carbocycles. The summed E-state index contributed by atoms with van der Waals surface area (Å²) in [5.74, 6) is 0.735. The molecule has 0 fully saturated rings. The van der Waals surface area contributed by atoms with Gasteiger partial charge in [-0.3, -0.25) is 0 Å². The third-order valence-corrected chi connectivity index (χ3v) is 10.8. The van der Waals surface area contributed by atoms with Crippen molar-refractivity contribution >= 4 is 70.7 Å². The molecule has 0 saturated heterocycles. The summed E-state index contributed by atoms with van der Waals surface area (Å²) in [5.41, 5.74) is 10.00. The molecule has 0 spiro atoms. The molecule has 4 nitrogen and oxygen atoms in total. The van der Waals surface area contributed by atoms with E-state index in [4.69, 9.17) is 9.97 Å². The van der Waals surface area contributed by atoms with Gasteiger partial charge >= 0.3 is 0 Å². The van der Waals surface area contributed by atoms with Gasteiger partial charge in [0.15, 0.2) is 5.82 Å². The van der Waals surface area contributed by atoms with Gasteiger partial charge < -0.3 is 9.13 Å². The van der Waals surface area contributed by atoms with Crippen molar-refractivity contribution in [3.8, 4) is 22.8 Å². The largest absolute Gasteiger partial charge is 0.309 e. The minimum Gasteiger partial charge on any atom is -0.309 e. The fourth-order valence-electron chi connectivity index (χ4n) is 8.47. The highest BCUT2D eigenvalue weighted by Gasteiger charge is 2.25. The number of hydrogen-bond donors (Lipinski definition) is 0. The Morgan fingerprint density at radius 1 is 0.538 bits per heavy atom. The Kier molecular flexibility index (Phi) is 6.34. The first-order chi connectivity index (χ1) is 25.8. The zero-order valence-electron chi connectivity index (χ0n) is 28.4. The van der Waals surface area contributed by atoms with Crippen LogP contribution in [0.4, 0.5) is 0 Å². The van der Waals surface area contributed by atoms with Crippen LogP contribution in [0.25, 0.3) is 93.5 Å². The van der Waals surface area contributed by atoms with Gasteiger partial charge in [0.25, 0.3) is 0 Å². The van der Waals surface area contributed by atoms with Crippen LogP contribution in [-0.2, 0) is 0 Å². The van der Waals surface area contributed by atoms with Gasteiger partial charge in [0.1, 0.15) is 0 Å². The van der Waals surface area contributed by atoms with E-state index in [1.165, 1.54) is 65.2 Å². The maximum Gasteiger partial charge on any atom is 0.159 e. The Morgan fingerprint density at radius 2 is 1.25 bits per heavy atom. The molecular formula is C48H32N4. The third-order valence-electron chi connectivity index (χ3n) is 10.8. The molecule has 3 aromatic heterocycles. The maximum absolute atomic E-state index is 5.40. The van der Waals surface area contributed by atoms with Gasteiger partial charge in [-0.1, -0.05) is 127 Å². The predicted octanol–water partition coefficient (Wildman–Crippen LogP) is 12.4. The molecule has 52 heavy (non-hydrogen) atoms. The average Bonchev–Trinajstić information content (AvgIpc) is 3.73. The van der Waals surface area contributed by atoms with Crippen molar-refractivity contribution in [1.29, 1.82) is 0 Å². The predicted molar refractivity (Wildman–Crippen MR) is 218 cm³/mol. The van der Waals surface area contributed by atoms with Crippen molar-refractivity contribution in [1.82, 2.24) is 19.1 Å². The number of hydrogen-bond acceptors (Lipinski definition) is 2. The second kappa shape index (κ2) is 11.4. The zero-order valence-corrected chi connectivity index (χ0v) is 28.4. The van der Waals surface area contributed by atoms with Gasteiger partial charge in [0, 0.05) is 32.8 Å². The van der Waals surface area contributed by atoms with Crippen LogP contribution in [0, 0.1) is 0 Å². The van der Waals surface area contributed by atoms with Crippen LogP contribution < -0.4 is 0 Å². The van der Waals surface area contributed by atoms with Crippen LogP contribution in [-0.4, -0.2) is 19.1 Å². The van der Waals surface area contributed by atoms with Crippen LogP contribution in [0.15, 0.2) is 170 Å². The van der Waals surface area contributed by atoms with Crippen LogP contribution >= 0.6 is 0 Å². The Balaban J connectivity index is 1.36. The van der Waals surface area contributed by atoms with E-state index in [1.807, 2.05) is 6.07 Å². The van der Waals surface area contributed by atoms with Gasteiger partial charge in [-0.15, -0.1) is 0 Å². The summed E-state index contributed by atoms with van der Waals surface area (Å²) in [5, 5.41) is 9.82. The van der Waals surface area contributed by atoms with Crippen LogP contribution in [0.1, 0.15) is 18.5 Å². The molecule has 0 N–H and O–H groups in total. The van der Waals surface area contributed by atoms with E-state index in [2.05, 4.69) is 173 Å². The first-order valence-electron chi connectivity index (χ1n) is 18.0. The number of allylic oxidation sites excluding steroid dienone is 4. The van der Waals surface area contributed by atoms with Gasteiger partial charge in [0.05, 0.1) is 39.6 Å². The number of rotatable bonds is 4. The molecule has 0 radical (unpaired) electrons. The van der Waals surface area contributed by atoms with Crippen molar-refractivity contribution < 1.29 is 0 Å². The van der Waals surface area contributed by atoms with E-state index in [9.17, 15) is 0 Å². The number of para-hydroxylation sites is 1. The zero-order chi connectivity index (χ0) is 34.2. The van der Waals surface area contributed by atoms with E-state index in [1.54, 1.807) is 0 Å². The molecule has 0 atom stereocenters. The molecule has 0 amide bonds. The van der Waals surface area contributed by atoms with Crippen LogP contribution in [0.5, 0.6) is 0 Å². The second-order valence-electron chi connectivity index (χ2n) is 13.7. The van der Waals surface area contributed by atoms with Crippen molar-refractivity contribution in [3.63, 3.8) is 0 Å². The number of fused-ring (bicyclic) bond motifs is 10. The van der Waals surface area contributed by atoms with E-state index < -0.39 is 0 Å². The highest BCUT2D eigenvalue weighted by atomic mass is 15.1. The van der Waals surface area contributed by atoms with Gasteiger partial charge in [-0.05, 0) is 76.4 Å². The molecule has 1 aliphatic rings. The summed E-state index contributed by atoms with van der Waals surface area (Å²) < 4.78 is 4.90. The number of nitrogens with zero attached hydrogens (tertiary/aromatic N) is 4. The second-order valence-corrected chi connectivity index (χ2v) is 13.7. The fraction of sp³-hybridized carbons (Fsp3) is 0.0417. The first kappa shape index (κ1) is 29.0. The maximum atomic E-state index is 5.40. The highest BCUT2D eigenvalue weighted by Crippen LogP contribution is 2.45. The number of benzene rings is 7. The lowest BCUT2D eigenvalue weighted by atomic mass is 10.00. The standard InChI is InChI=1S/C48H32N4/c1-4-15-32(16-5-1)46-43(30-49-48(50-46)33-17-6-2-7-18-33)52-40-26-24-31-14-12-13-23-37(31)44(40)38-25-27-41-45(47(38)52)39-28-34-19-10-11-20-35(34)29-42(39)51(41)36-21-8-3-9-22-36/h1-4,6-15,17-30H,5,16H2.